The summed E-state index contributed by atoms with van der Waals surface area (Å²) in [5.74, 6) is 0.0532. The van der Waals surface area contributed by atoms with Gasteiger partial charge in [-0.25, -0.2) is 0 Å². The van der Waals surface area contributed by atoms with Crippen LogP contribution in [-0.4, -0.2) is 48.1 Å². The number of nitrogens with one attached hydrogen (secondary N) is 2. The zero-order valence-electron chi connectivity index (χ0n) is 14.3. The molecule has 1 aromatic rings. The van der Waals surface area contributed by atoms with Crippen molar-refractivity contribution in [2.45, 2.75) is 44.8 Å². The fourth-order valence-electron chi connectivity index (χ4n) is 3.69. The first kappa shape index (κ1) is 16.6. The third-order valence-corrected chi connectivity index (χ3v) is 5.25. The SMILES string of the molecule is CC(C)(C)C1(C(=O)c2ccncc2)CNCC2(CCNCC2)O1. The molecule has 1 aromatic heterocycles. The molecule has 3 heterocycles. The van der Waals surface area contributed by atoms with Gasteiger partial charge < -0.3 is 15.4 Å². The van der Waals surface area contributed by atoms with E-state index in [0.717, 1.165) is 32.5 Å². The Kier molecular flexibility index (Phi) is 4.29. The van der Waals surface area contributed by atoms with E-state index in [2.05, 4.69) is 36.4 Å². The molecular formula is C18H27N3O2. The number of morpholine rings is 1. The number of rotatable bonds is 2. The number of aromatic nitrogens is 1. The van der Waals surface area contributed by atoms with E-state index in [-0.39, 0.29) is 16.8 Å². The first-order valence-corrected chi connectivity index (χ1v) is 8.45. The third-order valence-electron chi connectivity index (χ3n) is 5.25. The fraction of sp³-hybridized carbons (Fsp3) is 0.667. The predicted molar refractivity (Wildman–Crippen MR) is 89.5 cm³/mol. The maximum Gasteiger partial charge on any atom is 0.196 e. The van der Waals surface area contributed by atoms with E-state index in [1.807, 2.05) is 0 Å². The molecule has 5 nitrogen and oxygen atoms in total. The minimum atomic E-state index is -0.857. The lowest BCUT2D eigenvalue weighted by Crippen LogP contribution is -2.69. The van der Waals surface area contributed by atoms with E-state index >= 15 is 0 Å². The first-order valence-electron chi connectivity index (χ1n) is 8.45. The molecule has 3 rings (SSSR count). The van der Waals surface area contributed by atoms with Crippen LogP contribution in [0.4, 0.5) is 0 Å². The molecule has 2 N–H and O–H groups in total. The summed E-state index contributed by atoms with van der Waals surface area (Å²) >= 11 is 0. The molecule has 1 unspecified atom stereocenters. The van der Waals surface area contributed by atoms with E-state index in [0.29, 0.717) is 12.1 Å². The Morgan fingerprint density at radius 1 is 1.13 bits per heavy atom. The Morgan fingerprint density at radius 3 is 2.39 bits per heavy atom. The Morgan fingerprint density at radius 2 is 1.78 bits per heavy atom. The summed E-state index contributed by atoms with van der Waals surface area (Å²) < 4.78 is 6.71. The van der Waals surface area contributed by atoms with E-state index in [1.54, 1.807) is 24.5 Å². The van der Waals surface area contributed by atoms with E-state index in [9.17, 15) is 4.79 Å². The average Bonchev–Trinajstić information content (AvgIpc) is 2.54. The molecule has 0 saturated carbocycles. The summed E-state index contributed by atoms with van der Waals surface area (Å²) in [5, 5.41) is 6.89. The molecule has 5 heteroatoms. The summed E-state index contributed by atoms with van der Waals surface area (Å²) in [6, 6.07) is 3.56. The zero-order chi connectivity index (χ0) is 16.6. The van der Waals surface area contributed by atoms with Crippen molar-refractivity contribution in [3.63, 3.8) is 0 Å². The van der Waals surface area contributed by atoms with Crippen molar-refractivity contribution in [1.29, 1.82) is 0 Å². The topological polar surface area (TPSA) is 63.2 Å². The van der Waals surface area contributed by atoms with Gasteiger partial charge in [-0.05, 0) is 43.5 Å². The number of ketones is 1. The van der Waals surface area contributed by atoms with Gasteiger partial charge >= 0.3 is 0 Å². The maximum absolute atomic E-state index is 13.4. The highest BCUT2D eigenvalue weighted by atomic mass is 16.5. The van der Waals surface area contributed by atoms with Crippen LogP contribution in [0.5, 0.6) is 0 Å². The Hall–Kier alpha value is -1.30. The lowest BCUT2D eigenvalue weighted by atomic mass is 9.70. The van der Waals surface area contributed by atoms with Gasteiger partial charge in [-0.1, -0.05) is 20.8 Å². The van der Waals surface area contributed by atoms with Gasteiger partial charge in [-0.2, -0.15) is 0 Å². The van der Waals surface area contributed by atoms with E-state index < -0.39 is 5.60 Å². The molecule has 1 spiro atoms. The molecule has 0 aliphatic carbocycles. The number of Topliss-reactive ketones (excluding diaryl/α,β-unsaturated/α-hetero) is 1. The molecule has 2 aliphatic heterocycles. The normalized spacial score (nSPS) is 27.8. The van der Waals surface area contributed by atoms with E-state index in [4.69, 9.17) is 4.74 Å². The van der Waals surface area contributed by atoms with Crippen LogP contribution in [0.1, 0.15) is 44.0 Å². The molecule has 126 valence electrons. The maximum atomic E-state index is 13.4. The van der Waals surface area contributed by atoms with Crippen LogP contribution in [0.25, 0.3) is 0 Å². The van der Waals surface area contributed by atoms with Crippen LogP contribution in [-0.2, 0) is 4.74 Å². The molecule has 0 aromatic carbocycles. The van der Waals surface area contributed by atoms with Crippen LogP contribution < -0.4 is 10.6 Å². The van der Waals surface area contributed by atoms with Crippen LogP contribution in [0.2, 0.25) is 0 Å². The van der Waals surface area contributed by atoms with Crippen molar-refractivity contribution in [3.8, 4) is 0 Å². The van der Waals surface area contributed by atoms with Gasteiger partial charge in [-0.15, -0.1) is 0 Å². The van der Waals surface area contributed by atoms with Crippen molar-refractivity contribution in [1.82, 2.24) is 15.6 Å². The van der Waals surface area contributed by atoms with Crippen molar-refractivity contribution >= 4 is 5.78 Å². The van der Waals surface area contributed by atoms with E-state index in [1.165, 1.54) is 0 Å². The summed E-state index contributed by atoms with van der Waals surface area (Å²) in [7, 11) is 0. The van der Waals surface area contributed by atoms with Crippen molar-refractivity contribution in [2.75, 3.05) is 26.2 Å². The highest BCUT2D eigenvalue weighted by molar-refractivity contribution is 6.03. The highest BCUT2D eigenvalue weighted by Gasteiger charge is 2.56. The second kappa shape index (κ2) is 5.96. The van der Waals surface area contributed by atoms with Gasteiger partial charge in [0, 0.05) is 31.0 Å². The molecule has 23 heavy (non-hydrogen) atoms. The number of carbonyl (C=O) groups is 1. The van der Waals surface area contributed by atoms with Crippen molar-refractivity contribution in [2.24, 2.45) is 5.41 Å². The molecule has 0 bridgehead atoms. The number of hydrogen-bond acceptors (Lipinski definition) is 5. The molecule has 2 saturated heterocycles. The number of piperidine rings is 1. The third kappa shape index (κ3) is 2.93. The lowest BCUT2D eigenvalue weighted by Gasteiger charge is -2.54. The molecule has 2 fully saturated rings. The average molecular weight is 317 g/mol. The minimum Gasteiger partial charge on any atom is -0.357 e. The molecular weight excluding hydrogens is 290 g/mol. The first-order chi connectivity index (χ1) is 10.9. The Balaban J connectivity index is 1.99. The zero-order valence-corrected chi connectivity index (χ0v) is 14.3. The number of carbonyl (C=O) groups excluding carboxylic acids is 1. The standard InChI is InChI=1S/C18H27N3O2/c1-16(2,3)18(15(22)14-4-8-19-9-5-14)13-21-12-17(23-18)6-10-20-11-7-17/h4-5,8-9,20-21H,6-7,10-13H2,1-3H3. The minimum absolute atomic E-state index is 0.0532. The van der Waals surface area contributed by atoms with Crippen LogP contribution >= 0.6 is 0 Å². The summed E-state index contributed by atoms with van der Waals surface area (Å²) in [6.07, 6.45) is 5.20. The summed E-state index contributed by atoms with van der Waals surface area (Å²) in [5.41, 5.74) is -0.745. The van der Waals surface area contributed by atoms with Gasteiger partial charge in [0.25, 0.3) is 0 Å². The van der Waals surface area contributed by atoms with Gasteiger partial charge in [0.05, 0.1) is 5.60 Å². The Labute approximate surface area is 138 Å². The molecule has 1 atom stereocenters. The van der Waals surface area contributed by atoms with Crippen molar-refractivity contribution < 1.29 is 9.53 Å². The van der Waals surface area contributed by atoms with Gasteiger partial charge in [0.2, 0.25) is 0 Å². The number of ether oxygens (including phenoxy) is 1. The van der Waals surface area contributed by atoms with Gasteiger partial charge in [0.1, 0.15) is 5.60 Å². The quantitative estimate of drug-likeness (QED) is 0.814. The monoisotopic (exact) mass is 317 g/mol. The Bertz CT molecular complexity index is 556. The van der Waals surface area contributed by atoms with Gasteiger partial charge in [0.15, 0.2) is 5.78 Å². The summed E-state index contributed by atoms with van der Waals surface area (Å²) in [6.45, 7) is 9.51. The second-order valence-electron chi connectivity index (χ2n) is 7.78. The van der Waals surface area contributed by atoms with Crippen LogP contribution in [0.15, 0.2) is 24.5 Å². The number of hydrogen-bond donors (Lipinski definition) is 2. The molecule has 2 aliphatic rings. The smallest absolute Gasteiger partial charge is 0.196 e. The molecule has 0 amide bonds. The fourth-order valence-corrected chi connectivity index (χ4v) is 3.69. The van der Waals surface area contributed by atoms with Crippen molar-refractivity contribution in [3.05, 3.63) is 30.1 Å². The molecule has 0 radical (unpaired) electrons. The summed E-state index contributed by atoms with van der Waals surface area (Å²) in [4.78, 5) is 17.4. The lowest BCUT2D eigenvalue weighted by molar-refractivity contribution is -0.202. The van der Waals surface area contributed by atoms with Crippen LogP contribution in [0.3, 0.4) is 0 Å². The van der Waals surface area contributed by atoms with Gasteiger partial charge in [-0.3, -0.25) is 9.78 Å². The largest absolute Gasteiger partial charge is 0.357 e. The highest BCUT2D eigenvalue weighted by Crippen LogP contribution is 2.43. The predicted octanol–water partition coefficient (Wildman–Crippen LogP) is 1.79. The van der Waals surface area contributed by atoms with Crippen LogP contribution in [0, 0.1) is 5.41 Å². The number of pyridine rings is 1. The second-order valence-corrected chi connectivity index (χ2v) is 7.78. The number of nitrogens with zero attached hydrogens (tertiary/aromatic N) is 1.